The predicted molar refractivity (Wildman–Crippen MR) is 91.6 cm³/mol. The molecule has 2 N–H and O–H groups in total. The molecule has 1 saturated carbocycles. The van der Waals surface area contributed by atoms with Crippen LogP contribution in [-0.4, -0.2) is 29.5 Å². The van der Waals surface area contributed by atoms with Crippen molar-refractivity contribution in [2.24, 2.45) is 16.6 Å². The Balaban J connectivity index is 2.03. The van der Waals surface area contributed by atoms with Crippen LogP contribution in [0, 0.1) is 5.92 Å². The summed E-state index contributed by atoms with van der Waals surface area (Å²) in [6.07, 6.45) is 15.2. The molecule has 0 unspecified atom stereocenters. The highest BCUT2D eigenvalue weighted by molar-refractivity contribution is 5.81. The van der Waals surface area contributed by atoms with Gasteiger partial charge < -0.3 is 10.6 Å². The minimum Gasteiger partial charge on any atom is -0.370 e. The second kappa shape index (κ2) is 8.05. The maximum atomic E-state index is 6.22. The molecule has 0 aromatic carbocycles. The Morgan fingerprint density at radius 1 is 0.952 bits per heavy atom. The van der Waals surface area contributed by atoms with Crippen LogP contribution in [0.4, 0.5) is 0 Å². The lowest BCUT2D eigenvalue weighted by Gasteiger charge is -2.41. The van der Waals surface area contributed by atoms with E-state index in [1.165, 1.54) is 70.6 Å². The Kier molecular flexibility index (Phi) is 6.38. The normalized spacial score (nSPS) is 24.7. The van der Waals surface area contributed by atoms with Crippen molar-refractivity contribution < 1.29 is 0 Å². The molecule has 2 rings (SSSR count). The van der Waals surface area contributed by atoms with Crippen molar-refractivity contribution >= 4 is 5.96 Å². The highest BCUT2D eigenvalue weighted by Gasteiger charge is 2.41. The highest BCUT2D eigenvalue weighted by Crippen LogP contribution is 2.34. The van der Waals surface area contributed by atoms with E-state index in [9.17, 15) is 0 Å². The van der Waals surface area contributed by atoms with Crippen molar-refractivity contribution in [1.29, 1.82) is 0 Å². The van der Waals surface area contributed by atoms with Gasteiger partial charge >= 0.3 is 0 Å². The number of hydrogen-bond donors (Lipinski definition) is 1. The van der Waals surface area contributed by atoms with Gasteiger partial charge in [-0.1, -0.05) is 71.6 Å². The van der Waals surface area contributed by atoms with Crippen LogP contribution in [0.5, 0.6) is 0 Å². The van der Waals surface area contributed by atoms with E-state index in [4.69, 9.17) is 5.73 Å². The summed E-state index contributed by atoms with van der Waals surface area (Å²) in [6, 6.07) is 0. The molecule has 3 nitrogen and oxygen atoms in total. The first-order valence-corrected chi connectivity index (χ1v) is 9.22. The van der Waals surface area contributed by atoms with E-state index in [1.807, 2.05) is 0 Å². The number of guanidine groups is 1. The van der Waals surface area contributed by atoms with Gasteiger partial charge in [-0.2, -0.15) is 0 Å². The summed E-state index contributed by atoms with van der Waals surface area (Å²) in [5.74, 6) is 1.45. The fraction of sp³-hybridized carbons (Fsp3) is 0.944. The molecule has 1 fully saturated rings. The first kappa shape index (κ1) is 16.6. The maximum Gasteiger partial charge on any atom is 0.191 e. The summed E-state index contributed by atoms with van der Waals surface area (Å²) in [5.41, 5.74) is 6.47. The minimum atomic E-state index is 0.244. The molecular weight excluding hydrogens is 258 g/mol. The number of rotatable bonds is 2. The molecule has 1 aliphatic heterocycles. The van der Waals surface area contributed by atoms with Gasteiger partial charge in [0.05, 0.1) is 12.1 Å². The number of nitrogens with zero attached hydrogens (tertiary/aromatic N) is 2. The molecule has 122 valence electrons. The van der Waals surface area contributed by atoms with Gasteiger partial charge in [0, 0.05) is 6.54 Å². The van der Waals surface area contributed by atoms with Crippen LogP contribution in [0.1, 0.15) is 84.5 Å². The predicted octanol–water partition coefficient (Wildman–Crippen LogP) is 4.32. The van der Waals surface area contributed by atoms with Crippen molar-refractivity contribution in [3.63, 3.8) is 0 Å². The molecule has 0 radical (unpaired) electrons. The summed E-state index contributed by atoms with van der Waals surface area (Å²) in [4.78, 5) is 7.10. The molecule has 1 aliphatic carbocycles. The standard InChI is InChI=1S/C18H35N3/c1-16(2)14-21-17(19)20-15-18(21)12-10-8-6-4-3-5-7-9-11-13-18/h16H,3-15H2,1-2H3,(H2,19,20). The van der Waals surface area contributed by atoms with Gasteiger partial charge in [0.1, 0.15) is 0 Å². The highest BCUT2D eigenvalue weighted by atomic mass is 15.4. The van der Waals surface area contributed by atoms with Crippen LogP contribution in [0.15, 0.2) is 4.99 Å². The fourth-order valence-electron chi connectivity index (χ4n) is 3.99. The molecule has 3 heteroatoms. The smallest absolute Gasteiger partial charge is 0.191 e. The molecule has 21 heavy (non-hydrogen) atoms. The Hall–Kier alpha value is -0.730. The van der Waals surface area contributed by atoms with Crippen LogP contribution >= 0.6 is 0 Å². The van der Waals surface area contributed by atoms with Crippen LogP contribution in [-0.2, 0) is 0 Å². The maximum absolute atomic E-state index is 6.22. The van der Waals surface area contributed by atoms with Gasteiger partial charge in [0.25, 0.3) is 0 Å². The zero-order valence-corrected chi connectivity index (χ0v) is 14.2. The number of aliphatic imine (C=N–C) groups is 1. The zero-order valence-electron chi connectivity index (χ0n) is 14.2. The van der Waals surface area contributed by atoms with E-state index in [1.54, 1.807) is 0 Å². The van der Waals surface area contributed by atoms with Crippen LogP contribution < -0.4 is 5.73 Å². The van der Waals surface area contributed by atoms with Gasteiger partial charge in [-0.25, -0.2) is 0 Å². The monoisotopic (exact) mass is 293 g/mol. The van der Waals surface area contributed by atoms with Gasteiger partial charge in [0.15, 0.2) is 5.96 Å². The molecular formula is C18H35N3. The fourth-order valence-corrected chi connectivity index (χ4v) is 3.99. The van der Waals surface area contributed by atoms with Gasteiger partial charge in [-0.3, -0.25) is 4.99 Å². The lowest BCUT2D eigenvalue weighted by Crippen LogP contribution is -2.53. The van der Waals surface area contributed by atoms with E-state index in [2.05, 4.69) is 23.7 Å². The quantitative estimate of drug-likeness (QED) is 0.824. The van der Waals surface area contributed by atoms with Crippen molar-refractivity contribution in [2.75, 3.05) is 13.1 Å². The molecule has 0 saturated heterocycles. The molecule has 0 aromatic heterocycles. The van der Waals surface area contributed by atoms with Crippen LogP contribution in [0.25, 0.3) is 0 Å². The number of nitrogens with two attached hydrogens (primary N) is 1. The van der Waals surface area contributed by atoms with E-state index < -0.39 is 0 Å². The third-order valence-electron chi connectivity index (χ3n) is 5.22. The Bertz CT molecular complexity index is 323. The average Bonchev–Trinajstić information content (AvgIpc) is 2.72. The molecule has 0 aromatic rings. The first-order valence-electron chi connectivity index (χ1n) is 9.22. The lowest BCUT2D eigenvalue weighted by molar-refractivity contribution is 0.148. The minimum absolute atomic E-state index is 0.244. The zero-order chi connectivity index (χ0) is 15.1. The van der Waals surface area contributed by atoms with Crippen LogP contribution in [0.2, 0.25) is 0 Å². The second-order valence-electron chi connectivity index (χ2n) is 7.59. The number of hydrogen-bond acceptors (Lipinski definition) is 3. The summed E-state index contributed by atoms with van der Waals surface area (Å²) < 4.78 is 0. The molecule has 1 heterocycles. The summed E-state index contributed by atoms with van der Waals surface area (Å²) in [7, 11) is 0. The second-order valence-corrected chi connectivity index (χ2v) is 7.59. The van der Waals surface area contributed by atoms with Crippen LogP contribution in [0.3, 0.4) is 0 Å². The molecule has 0 atom stereocenters. The topological polar surface area (TPSA) is 41.6 Å². The molecule has 2 aliphatic rings. The lowest BCUT2D eigenvalue weighted by atomic mass is 9.84. The Morgan fingerprint density at radius 3 is 1.90 bits per heavy atom. The van der Waals surface area contributed by atoms with E-state index in [-0.39, 0.29) is 5.54 Å². The van der Waals surface area contributed by atoms with E-state index in [0.29, 0.717) is 5.92 Å². The largest absolute Gasteiger partial charge is 0.370 e. The summed E-state index contributed by atoms with van der Waals surface area (Å²) in [5, 5.41) is 0. The average molecular weight is 293 g/mol. The van der Waals surface area contributed by atoms with Crippen molar-refractivity contribution in [3.05, 3.63) is 0 Å². The third-order valence-corrected chi connectivity index (χ3v) is 5.22. The summed E-state index contributed by atoms with van der Waals surface area (Å²) >= 11 is 0. The van der Waals surface area contributed by atoms with Gasteiger partial charge in [-0.15, -0.1) is 0 Å². The van der Waals surface area contributed by atoms with Gasteiger partial charge in [-0.05, 0) is 18.8 Å². The SMILES string of the molecule is CC(C)CN1C(N)=NCC12CCCCCCCCCCC2. The first-order chi connectivity index (χ1) is 10.1. The van der Waals surface area contributed by atoms with E-state index >= 15 is 0 Å². The summed E-state index contributed by atoms with van der Waals surface area (Å²) in [6.45, 7) is 6.57. The van der Waals surface area contributed by atoms with Crippen molar-refractivity contribution in [3.8, 4) is 0 Å². The molecule has 1 spiro atoms. The Morgan fingerprint density at radius 2 is 1.43 bits per heavy atom. The van der Waals surface area contributed by atoms with Crippen molar-refractivity contribution in [1.82, 2.24) is 4.90 Å². The van der Waals surface area contributed by atoms with Crippen molar-refractivity contribution in [2.45, 2.75) is 90.0 Å². The molecule has 0 bridgehead atoms. The third kappa shape index (κ3) is 4.62. The molecule has 0 amide bonds. The van der Waals surface area contributed by atoms with E-state index in [0.717, 1.165) is 19.0 Å². The van der Waals surface area contributed by atoms with Gasteiger partial charge in [0.2, 0.25) is 0 Å². The Labute approximate surface area is 131 Å².